The first-order valence-corrected chi connectivity index (χ1v) is 5.61. The Morgan fingerprint density at radius 2 is 2.18 bits per heavy atom. The fraction of sp³-hybridized carbons (Fsp3) is 0.308. The lowest BCUT2D eigenvalue weighted by molar-refractivity contribution is 0.00406. The quantitative estimate of drug-likeness (QED) is 0.810. The highest BCUT2D eigenvalue weighted by Crippen LogP contribution is 2.23. The van der Waals surface area contributed by atoms with Gasteiger partial charge in [0.05, 0.1) is 6.10 Å². The van der Waals surface area contributed by atoms with Gasteiger partial charge < -0.3 is 14.4 Å². The van der Waals surface area contributed by atoms with Crippen molar-refractivity contribution in [3.63, 3.8) is 0 Å². The van der Waals surface area contributed by atoms with Gasteiger partial charge in [-0.15, -0.1) is 0 Å². The van der Waals surface area contributed by atoms with Crippen LogP contribution in [0, 0.1) is 6.92 Å². The van der Waals surface area contributed by atoms with E-state index in [2.05, 4.69) is 0 Å². The number of benzene rings is 1. The number of amides is 1. The van der Waals surface area contributed by atoms with Crippen LogP contribution in [0.25, 0.3) is 11.0 Å². The molecule has 0 bridgehead atoms. The number of hydrogen-bond acceptors (Lipinski definition) is 3. The zero-order valence-electron chi connectivity index (χ0n) is 9.51. The maximum Gasteiger partial charge on any atom is 0.289 e. The summed E-state index contributed by atoms with van der Waals surface area (Å²) in [5.74, 6) is 0.196. The molecule has 3 rings (SSSR count). The Bertz CT molecular complexity index is 581. The van der Waals surface area contributed by atoms with Gasteiger partial charge in [0.25, 0.3) is 5.91 Å². The topological polar surface area (TPSA) is 53.7 Å². The molecule has 4 nitrogen and oxygen atoms in total. The zero-order valence-corrected chi connectivity index (χ0v) is 9.51. The number of aryl methyl sites for hydroxylation is 1. The van der Waals surface area contributed by atoms with Crippen molar-refractivity contribution in [3.8, 4) is 0 Å². The number of carbonyl (C=O) groups is 1. The van der Waals surface area contributed by atoms with Crippen molar-refractivity contribution in [2.75, 3.05) is 13.1 Å². The molecule has 1 saturated heterocycles. The van der Waals surface area contributed by atoms with Crippen molar-refractivity contribution >= 4 is 16.9 Å². The number of likely N-dealkylation sites (tertiary alicyclic amines) is 1. The maximum atomic E-state index is 11.9. The fourth-order valence-electron chi connectivity index (χ4n) is 2.02. The van der Waals surface area contributed by atoms with Crippen LogP contribution in [-0.4, -0.2) is 35.1 Å². The van der Waals surface area contributed by atoms with Crippen molar-refractivity contribution in [2.24, 2.45) is 0 Å². The van der Waals surface area contributed by atoms with Crippen LogP contribution in [0.4, 0.5) is 0 Å². The molecule has 1 amide bonds. The number of fused-ring (bicyclic) bond motifs is 1. The highest BCUT2D eigenvalue weighted by Gasteiger charge is 2.31. The van der Waals surface area contributed by atoms with Gasteiger partial charge in [-0.2, -0.15) is 0 Å². The molecule has 0 saturated carbocycles. The Morgan fingerprint density at radius 1 is 1.41 bits per heavy atom. The van der Waals surface area contributed by atoms with Gasteiger partial charge in [0.2, 0.25) is 0 Å². The van der Waals surface area contributed by atoms with E-state index in [0.717, 1.165) is 16.5 Å². The molecule has 0 spiro atoms. The van der Waals surface area contributed by atoms with E-state index in [4.69, 9.17) is 9.52 Å². The molecule has 0 radical (unpaired) electrons. The summed E-state index contributed by atoms with van der Waals surface area (Å²) in [5, 5.41) is 10.1. The van der Waals surface area contributed by atoms with Gasteiger partial charge in [0, 0.05) is 18.5 Å². The molecule has 2 heterocycles. The highest BCUT2D eigenvalue weighted by molar-refractivity contribution is 5.96. The van der Waals surface area contributed by atoms with Gasteiger partial charge in [0.1, 0.15) is 5.58 Å². The van der Waals surface area contributed by atoms with Crippen LogP contribution in [0.15, 0.2) is 28.7 Å². The zero-order chi connectivity index (χ0) is 12.0. The maximum absolute atomic E-state index is 11.9. The lowest BCUT2D eigenvalue weighted by atomic mass is 10.1. The Labute approximate surface area is 98.4 Å². The Balaban J connectivity index is 1.93. The van der Waals surface area contributed by atoms with E-state index in [9.17, 15) is 4.79 Å². The van der Waals surface area contributed by atoms with Crippen LogP contribution < -0.4 is 0 Å². The largest absolute Gasteiger partial charge is 0.451 e. The minimum Gasteiger partial charge on any atom is -0.451 e. The number of rotatable bonds is 1. The monoisotopic (exact) mass is 231 g/mol. The Kier molecular flexibility index (Phi) is 2.19. The molecule has 1 aliphatic rings. The predicted octanol–water partition coefficient (Wildman–Crippen LogP) is 1.56. The van der Waals surface area contributed by atoms with Crippen molar-refractivity contribution in [3.05, 3.63) is 35.6 Å². The second-order valence-electron chi connectivity index (χ2n) is 4.52. The van der Waals surface area contributed by atoms with Gasteiger partial charge in [0.15, 0.2) is 5.76 Å². The van der Waals surface area contributed by atoms with Crippen molar-refractivity contribution in [1.29, 1.82) is 0 Å². The molecular weight excluding hydrogens is 218 g/mol. The summed E-state index contributed by atoms with van der Waals surface area (Å²) in [6, 6.07) is 7.59. The molecule has 1 aromatic carbocycles. The number of nitrogens with zero attached hydrogens (tertiary/aromatic N) is 1. The summed E-state index contributed by atoms with van der Waals surface area (Å²) in [7, 11) is 0. The van der Waals surface area contributed by atoms with Crippen LogP contribution in [0.3, 0.4) is 0 Å². The molecule has 17 heavy (non-hydrogen) atoms. The van der Waals surface area contributed by atoms with Gasteiger partial charge in [-0.05, 0) is 24.6 Å². The highest BCUT2D eigenvalue weighted by atomic mass is 16.3. The second-order valence-corrected chi connectivity index (χ2v) is 4.52. The van der Waals surface area contributed by atoms with E-state index in [1.165, 1.54) is 0 Å². The molecule has 2 aromatic rings. The number of carbonyl (C=O) groups excluding carboxylic acids is 1. The summed E-state index contributed by atoms with van der Waals surface area (Å²) in [6.45, 7) is 2.78. The lowest BCUT2D eigenvalue weighted by Gasteiger charge is -2.35. The first-order valence-electron chi connectivity index (χ1n) is 5.61. The Hall–Kier alpha value is -1.81. The smallest absolute Gasteiger partial charge is 0.289 e. The van der Waals surface area contributed by atoms with Gasteiger partial charge in [-0.3, -0.25) is 4.79 Å². The van der Waals surface area contributed by atoms with Crippen molar-refractivity contribution in [2.45, 2.75) is 13.0 Å². The van der Waals surface area contributed by atoms with Crippen molar-refractivity contribution < 1.29 is 14.3 Å². The molecule has 1 aliphatic heterocycles. The number of aliphatic hydroxyl groups excluding tert-OH is 1. The average molecular weight is 231 g/mol. The first kappa shape index (κ1) is 10.4. The minimum atomic E-state index is -0.384. The molecule has 0 aliphatic carbocycles. The molecule has 1 N–H and O–H groups in total. The molecular formula is C13H13NO3. The number of aliphatic hydroxyl groups is 1. The van der Waals surface area contributed by atoms with Crippen LogP contribution in [0.2, 0.25) is 0 Å². The molecule has 1 aromatic heterocycles. The van der Waals surface area contributed by atoms with E-state index < -0.39 is 0 Å². The SMILES string of the molecule is Cc1ccc2cc(C(=O)N3CC(O)C3)oc2c1. The summed E-state index contributed by atoms with van der Waals surface area (Å²) in [4.78, 5) is 13.5. The third kappa shape index (κ3) is 1.70. The fourth-order valence-corrected chi connectivity index (χ4v) is 2.02. The predicted molar refractivity (Wildman–Crippen MR) is 62.9 cm³/mol. The van der Waals surface area contributed by atoms with Gasteiger partial charge in [-0.25, -0.2) is 0 Å². The molecule has 4 heteroatoms. The number of hydrogen-bond donors (Lipinski definition) is 1. The van der Waals surface area contributed by atoms with E-state index in [-0.39, 0.29) is 12.0 Å². The summed E-state index contributed by atoms with van der Waals surface area (Å²) < 4.78 is 5.53. The summed E-state index contributed by atoms with van der Waals surface area (Å²) in [5.41, 5.74) is 1.83. The summed E-state index contributed by atoms with van der Waals surface area (Å²) in [6.07, 6.45) is -0.384. The second kappa shape index (κ2) is 3.60. The number of β-amino-alcohol motifs (C(OH)–C–C–N with tert-alkyl or cyclic N) is 1. The number of furan rings is 1. The van der Waals surface area contributed by atoms with Crippen molar-refractivity contribution in [1.82, 2.24) is 4.90 Å². The van der Waals surface area contributed by atoms with Gasteiger partial charge in [-0.1, -0.05) is 12.1 Å². The molecule has 88 valence electrons. The van der Waals surface area contributed by atoms with E-state index in [0.29, 0.717) is 18.8 Å². The molecule has 0 unspecified atom stereocenters. The average Bonchev–Trinajstić information content (AvgIpc) is 2.66. The first-order chi connectivity index (χ1) is 8.13. The standard InChI is InChI=1S/C13H13NO3/c1-8-2-3-9-5-12(17-11(9)4-8)13(16)14-6-10(15)7-14/h2-5,10,15H,6-7H2,1H3. The summed E-state index contributed by atoms with van der Waals surface area (Å²) >= 11 is 0. The van der Waals surface area contributed by atoms with Crippen LogP contribution in [0.1, 0.15) is 16.1 Å². The minimum absolute atomic E-state index is 0.149. The van der Waals surface area contributed by atoms with Gasteiger partial charge >= 0.3 is 0 Å². The molecule has 0 atom stereocenters. The van der Waals surface area contributed by atoms with E-state index in [1.54, 1.807) is 11.0 Å². The third-order valence-electron chi connectivity index (χ3n) is 3.04. The normalized spacial score (nSPS) is 16.2. The third-order valence-corrected chi connectivity index (χ3v) is 3.04. The van der Waals surface area contributed by atoms with Crippen LogP contribution >= 0.6 is 0 Å². The van der Waals surface area contributed by atoms with Crippen LogP contribution in [0.5, 0.6) is 0 Å². The lowest BCUT2D eigenvalue weighted by Crippen LogP contribution is -2.53. The van der Waals surface area contributed by atoms with E-state index in [1.807, 2.05) is 25.1 Å². The molecule has 1 fully saturated rings. The van der Waals surface area contributed by atoms with Crippen LogP contribution in [-0.2, 0) is 0 Å². The van der Waals surface area contributed by atoms with E-state index >= 15 is 0 Å². The Morgan fingerprint density at radius 3 is 2.88 bits per heavy atom.